The second-order valence-electron chi connectivity index (χ2n) is 3.29. The average molecular weight is 304 g/mol. The molecule has 0 aliphatic rings. The van der Waals surface area contributed by atoms with Crippen LogP contribution in [0.4, 0.5) is 0 Å². The van der Waals surface area contributed by atoms with Crippen LogP contribution in [0.1, 0.15) is 24.7 Å². The lowest BCUT2D eigenvalue weighted by Gasteiger charge is -2.16. The predicted octanol–water partition coefficient (Wildman–Crippen LogP) is 5.04. The molecule has 0 aliphatic heterocycles. The molecular formula is C9H8BCl5. The Hall–Kier alpha value is 0.735. The number of hydrogen-bond acceptors (Lipinski definition) is 0. The molecule has 0 saturated heterocycles. The van der Waals surface area contributed by atoms with Crippen molar-refractivity contribution in [3.8, 4) is 0 Å². The minimum absolute atomic E-state index is 0.192. The van der Waals surface area contributed by atoms with Crippen molar-refractivity contribution in [2.45, 2.75) is 19.2 Å². The Kier molecular flexibility index (Phi) is 4.95. The van der Waals surface area contributed by atoms with Gasteiger partial charge in [0, 0.05) is 0 Å². The van der Waals surface area contributed by atoms with E-state index in [1.807, 2.05) is 14.8 Å². The van der Waals surface area contributed by atoms with E-state index in [1.165, 1.54) is 0 Å². The molecule has 1 aromatic carbocycles. The summed E-state index contributed by atoms with van der Waals surface area (Å²) in [6, 6.07) is 0. The van der Waals surface area contributed by atoms with Crippen molar-refractivity contribution in [2.75, 3.05) is 0 Å². The fourth-order valence-corrected chi connectivity index (χ4v) is 2.78. The van der Waals surface area contributed by atoms with Gasteiger partial charge in [-0.05, 0) is 11.4 Å². The second kappa shape index (κ2) is 5.38. The summed E-state index contributed by atoms with van der Waals surface area (Å²) < 4.78 is 0. The van der Waals surface area contributed by atoms with Crippen molar-refractivity contribution in [3.63, 3.8) is 0 Å². The van der Waals surface area contributed by atoms with E-state index in [1.54, 1.807) is 0 Å². The molecule has 82 valence electrons. The summed E-state index contributed by atoms with van der Waals surface area (Å²) in [5, 5.41) is 1.53. The largest absolute Gasteiger partial charge is 0.111 e. The highest BCUT2D eigenvalue weighted by molar-refractivity contribution is 6.55. The van der Waals surface area contributed by atoms with Crippen molar-refractivity contribution in [3.05, 3.63) is 30.7 Å². The van der Waals surface area contributed by atoms with Crippen LogP contribution in [0.3, 0.4) is 0 Å². The number of rotatable bonds is 2. The fraction of sp³-hybridized carbons (Fsp3) is 0.333. The summed E-state index contributed by atoms with van der Waals surface area (Å²) in [6.07, 6.45) is 0.897. The minimum atomic E-state index is 0.192. The Bertz CT molecular complexity index is 362. The Morgan fingerprint density at radius 2 is 1.20 bits per heavy atom. The first-order valence-electron chi connectivity index (χ1n) is 4.43. The van der Waals surface area contributed by atoms with Gasteiger partial charge in [0.2, 0.25) is 0 Å². The lowest BCUT2D eigenvalue weighted by molar-refractivity contribution is 0.883. The third-order valence-corrected chi connectivity index (χ3v) is 4.65. The van der Waals surface area contributed by atoms with Gasteiger partial charge in [0.05, 0.1) is 25.1 Å². The molecule has 0 N–H and O–H groups in total. The standard InChI is InChI=1S/C9H8BCl5/c1-2-3(10)4-5(11)7(13)9(15)8(14)6(4)12/h3H,2,10H2,1H3. The normalized spacial score (nSPS) is 12.9. The van der Waals surface area contributed by atoms with Crippen molar-refractivity contribution in [1.29, 1.82) is 0 Å². The number of benzene rings is 1. The van der Waals surface area contributed by atoms with Gasteiger partial charge in [-0.15, -0.1) is 0 Å². The van der Waals surface area contributed by atoms with Gasteiger partial charge in [0.25, 0.3) is 0 Å². The van der Waals surface area contributed by atoms with Gasteiger partial charge >= 0.3 is 0 Å². The first-order valence-corrected chi connectivity index (χ1v) is 6.32. The van der Waals surface area contributed by atoms with E-state index in [4.69, 9.17) is 58.0 Å². The van der Waals surface area contributed by atoms with E-state index in [0.717, 1.165) is 12.0 Å². The molecule has 0 fully saturated rings. The molecule has 0 aliphatic carbocycles. The van der Waals surface area contributed by atoms with Crippen molar-refractivity contribution < 1.29 is 0 Å². The van der Waals surface area contributed by atoms with Crippen molar-refractivity contribution in [2.24, 2.45) is 0 Å². The summed E-state index contributed by atoms with van der Waals surface area (Å²) in [4.78, 5) is 0. The van der Waals surface area contributed by atoms with Crippen LogP contribution < -0.4 is 0 Å². The molecule has 0 bridgehead atoms. The Morgan fingerprint density at radius 3 is 1.53 bits per heavy atom. The molecule has 0 nitrogen and oxygen atoms in total. The maximum Gasteiger partial charge on any atom is 0.111 e. The van der Waals surface area contributed by atoms with Crippen LogP contribution in [0.5, 0.6) is 0 Å². The highest BCUT2D eigenvalue weighted by Gasteiger charge is 2.21. The van der Waals surface area contributed by atoms with Gasteiger partial charge in [-0.3, -0.25) is 0 Å². The molecule has 0 saturated carbocycles. The summed E-state index contributed by atoms with van der Waals surface area (Å²) in [5.74, 6) is 0.192. The van der Waals surface area contributed by atoms with Crippen LogP contribution in [0.15, 0.2) is 0 Å². The molecule has 0 spiro atoms. The van der Waals surface area contributed by atoms with E-state index >= 15 is 0 Å². The van der Waals surface area contributed by atoms with E-state index in [-0.39, 0.29) is 20.9 Å². The minimum Gasteiger partial charge on any atom is -0.0823 e. The lowest BCUT2D eigenvalue weighted by atomic mass is 9.79. The zero-order valence-corrected chi connectivity index (χ0v) is 12.0. The molecule has 0 aromatic heterocycles. The second-order valence-corrected chi connectivity index (χ2v) is 5.18. The highest BCUT2D eigenvalue weighted by Crippen LogP contribution is 2.46. The van der Waals surface area contributed by atoms with Crippen LogP contribution in [-0.2, 0) is 0 Å². The van der Waals surface area contributed by atoms with Crippen LogP contribution in [-0.4, -0.2) is 7.85 Å². The Balaban J connectivity index is 3.52. The summed E-state index contributed by atoms with van der Waals surface area (Å²) >= 11 is 30.0. The molecule has 0 amide bonds. The van der Waals surface area contributed by atoms with Crippen molar-refractivity contribution >= 4 is 65.9 Å². The first kappa shape index (κ1) is 13.8. The smallest absolute Gasteiger partial charge is 0.0823 e. The van der Waals surface area contributed by atoms with Gasteiger partial charge in [0.15, 0.2) is 0 Å². The molecule has 6 heteroatoms. The number of hydrogen-bond donors (Lipinski definition) is 0. The van der Waals surface area contributed by atoms with Crippen molar-refractivity contribution in [1.82, 2.24) is 0 Å². The molecule has 0 heterocycles. The van der Waals surface area contributed by atoms with Gasteiger partial charge in [-0.2, -0.15) is 0 Å². The number of halogens is 5. The zero-order valence-electron chi connectivity index (χ0n) is 8.17. The SMILES string of the molecule is BC(CC)c1c(Cl)c(Cl)c(Cl)c(Cl)c1Cl. The van der Waals surface area contributed by atoms with E-state index in [2.05, 4.69) is 0 Å². The molecule has 15 heavy (non-hydrogen) atoms. The van der Waals surface area contributed by atoms with Gasteiger partial charge < -0.3 is 0 Å². The third kappa shape index (κ3) is 2.53. The highest BCUT2D eigenvalue weighted by atomic mass is 35.5. The van der Waals surface area contributed by atoms with Crippen LogP contribution in [0.25, 0.3) is 0 Å². The zero-order chi connectivity index (χ0) is 11.7. The fourth-order valence-electron chi connectivity index (χ4n) is 1.26. The third-order valence-electron chi connectivity index (χ3n) is 2.35. The molecule has 1 unspecified atom stereocenters. The van der Waals surface area contributed by atoms with Gasteiger partial charge in [0.1, 0.15) is 7.85 Å². The molecule has 1 aromatic rings. The van der Waals surface area contributed by atoms with Gasteiger partial charge in [-0.1, -0.05) is 71.3 Å². The maximum atomic E-state index is 6.09. The topological polar surface area (TPSA) is 0 Å². The molecule has 0 radical (unpaired) electrons. The first-order chi connectivity index (χ1) is 6.91. The summed E-state index contributed by atoms with van der Waals surface area (Å²) in [5.41, 5.74) is 0.764. The van der Waals surface area contributed by atoms with E-state index in [9.17, 15) is 0 Å². The van der Waals surface area contributed by atoms with E-state index in [0.29, 0.717) is 10.0 Å². The van der Waals surface area contributed by atoms with Crippen LogP contribution in [0.2, 0.25) is 25.1 Å². The average Bonchev–Trinajstić information content (AvgIpc) is 2.23. The van der Waals surface area contributed by atoms with Crippen LogP contribution in [0, 0.1) is 0 Å². The van der Waals surface area contributed by atoms with Gasteiger partial charge in [-0.25, -0.2) is 0 Å². The van der Waals surface area contributed by atoms with E-state index < -0.39 is 0 Å². The lowest BCUT2D eigenvalue weighted by Crippen LogP contribution is -2.00. The van der Waals surface area contributed by atoms with Crippen LogP contribution >= 0.6 is 58.0 Å². The monoisotopic (exact) mass is 302 g/mol. The quantitative estimate of drug-likeness (QED) is 0.408. The predicted molar refractivity (Wildman–Crippen MR) is 73.1 cm³/mol. The Labute approximate surface area is 115 Å². The molecular weight excluding hydrogens is 296 g/mol. The maximum absolute atomic E-state index is 6.09. The molecule has 1 atom stereocenters. The Morgan fingerprint density at radius 1 is 0.867 bits per heavy atom. The summed E-state index contributed by atoms with van der Waals surface area (Å²) in [6.45, 7) is 2.04. The summed E-state index contributed by atoms with van der Waals surface area (Å²) in [7, 11) is 2.01. The molecule has 1 rings (SSSR count).